The molecule has 1 fully saturated rings. The van der Waals surface area contributed by atoms with Crippen molar-refractivity contribution < 1.29 is 4.79 Å². The molecular formula is C24H24N4O. The Balaban J connectivity index is 1.46. The van der Waals surface area contributed by atoms with Crippen LogP contribution in [0.3, 0.4) is 0 Å². The maximum atomic E-state index is 12.9. The highest BCUT2D eigenvalue weighted by Crippen LogP contribution is 2.34. The maximum absolute atomic E-state index is 12.9. The third kappa shape index (κ3) is 3.48. The van der Waals surface area contributed by atoms with Gasteiger partial charge in [0.1, 0.15) is 0 Å². The molecule has 0 saturated heterocycles. The second-order valence-electron chi connectivity index (χ2n) is 7.80. The second kappa shape index (κ2) is 7.66. The van der Waals surface area contributed by atoms with Gasteiger partial charge in [-0.2, -0.15) is 0 Å². The van der Waals surface area contributed by atoms with Gasteiger partial charge in [-0.05, 0) is 36.6 Å². The number of amides is 1. The Morgan fingerprint density at radius 3 is 2.72 bits per heavy atom. The summed E-state index contributed by atoms with van der Waals surface area (Å²) >= 11 is 0. The van der Waals surface area contributed by atoms with Gasteiger partial charge in [0.15, 0.2) is 0 Å². The monoisotopic (exact) mass is 384 g/mol. The van der Waals surface area contributed by atoms with Gasteiger partial charge in [-0.25, -0.2) is 4.98 Å². The van der Waals surface area contributed by atoms with Gasteiger partial charge < -0.3 is 4.57 Å². The van der Waals surface area contributed by atoms with Crippen LogP contribution in [0, 0.1) is 0 Å². The summed E-state index contributed by atoms with van der Waals surface area (Å²) in [6, 6.07) is 18.4. The molecule has 1 aliphatic rings. The van der Waals surface area contributed by atoms with Crippen molar-refractivity contribution in [3.05, 3.63) is 66.4 Å². The molecule has 4 aromatic rings. The molecule has 0 radical (unpaired) electrons. The Kier molecular flexibility index (Phi) is 4.72. The normalized spacial score (nSPS) is 15.0. The van der Waals surface area contributed by atoms with E-state index >= 15 is 0 Å². The number of carbonyl (C=O) groups is 1. The molecule has 2 heterocycles. The molecule has 2 aromatic heterocycles. The van der Waals surface area contributed by atoms with Gasteiger partial charge in [0.05, 0.1) is 23.0 Å². The highest BCUT2D eigenvalue weighted by molar-refractivity contribution is 5.95. The molecule has 29 heavy (non-hydrogen) atoms. The molecule has 0 atom stereocenters. The summed E-state index contributed by atoms with van der Waals surface area (Å²) in [7, 11) is 0. The number of benzene rings is 2. The fourth-order valence-corrected chi connectivity index (χ4v) is 4.49. The van der Waals surface area contributed by atoms with E-state index < -0.39 is 0 Å². The number of pyridine rings is 1. The first-order chi connectivity index (χ1) is 14.3. The van der Waals surface area contributed by atoms with E-state index in [2.05, 4.69) is 20.9 Å². The molecule has 1 N–H and O–H groups in total. The molecule has 5 rings (SSSR count). The van der Waals surface area contributed by atoms with Crippen LogP contribution in [0.1, 0.15) is 43.7 Å². The molecule has 1 amide bonds. The van der Waals surface area contributed by atoms with Crippen molar-refractivity contribution in [3.8, 4) is 0 Å². The van der Waals surface area contributed by atoms with Crippen molar-refractivity contribution in [1.29, 1.82) is 0 Å². The quantitative estimate of drug-likeness (QED) is 0.521. The van der Waals surface area contributed by atoms with Crippen molar-refractivity contribution in [1.82, 2.24) is 14.5 Å². The predicted molar refractivity (Wildman–Crippen MR) is 116 cm³/mol. The van der Waals surface area contributed by atoms with Crippen LogP contribution in [0.2, 0.25) is 0 Å². The molecule has 0 unspecified atom stereocenters. The lowest BCUT2D eigenvalue weighted by molar-refractivity contribution is -0.115. The van der Waals surface area contributed by atoms with E-state index in [0.717, 1.165) is 40.3 Å². The first-order valence-electron chi connectivity index (χ1n) is 10.4. The van der Waals surface area contributed by atoms with Crippen molar-refractivity contribution >= 4 is 33.8 Å². The number of hydrogen-bond donors (Lipinski definition) is 1. The Labute approximate surface area is 169 Å². The van der Waals surface area contributed by atoms with Gasteiger partial charge in [-0.1, -0.05) is 55.7 Å². The lowest BCUT2D eigenvalue weighted by Crippen LogP contribution is -2.21. The zero-order valence-electron chi connectivity index (χ0n) is 16.3. The van der Waals surface area contributed by atoms with E-state index in [1.54, 1.807) is 6.20 Å². The van der Waals surface area contributed by atoms with E-state index in [1.165, 1.54) is 19.3 Å². The lowest BCUT2D eigenvalue weighted by atomic mass is 9.95. The average molecular weight is 384 g/mol. The minimum absolute atomic E-state index is 0.0597. The number of nitrogens with one attached hydrogen (secondary N) is 1. The summed E-state index contributed by atoms with van der Waals surface area (Å²) in [6.45, 7) is 0. The summed E-state index contributed by atoms with van der Waals surface area (Å²) in [5, 5.41) is 4.14. The number of para-hydroxylation sites is 3. The van der Waals surface area contributed by atoms with Crippen LogP contribution in [-0.4, -0.2) is 20.4 Å². The first kappa shape index (κ1) is 17.9. The summed E-state index contributed by atoms with van der Waals surface area (Å²) in [5.41, 5.74) is 3.84. The standard InChI is InChI=1S/C24H24N4O/c29-22(16-18-9-6-8-17-10-7-15-25-23(17)18)27-24-26-20-13-4-5-14-21(20)28(24)19-11-2-1-3-12-19/h4-10,13-15,19H,1-3,11-12,16H2,(H,26,27,29). The van der Waals surface area contributed by atoms with E-state index in [1.807, 2.05) is 48.5 Å². The molecule has 146 valence electrons. The summed E-state index contributed by atoms with van der Waals surface area (Å²) < 4.78 is 2.24. The molecule has 1 saturated carbocycles. The van der Waals surface area contributed by atoms with Crippen LogP contribution >= 0.6 is 0 Å². The summed E-state index contributed by atoms with van der Waals surface area (Å²) in [4.78, 5) is 22.2. The fraction of sp³-hybridized carbons (Fsp3) is 0.292. The van der Waals surface area contributed by atoms with Gasteiger partial charge in [-0.3, -0.25) is 15.1 Å². The minimum atomic E-state index is -0.0597. The van der Waals surface area contributed by atoms with Gasteiger partial charge in [0.2, 0.25) is 11.9 Å². The van der Waals surface area contributed by atoms with Gasteiger partial charge in [0.25, 0.3) is 0 Å². The molecular weight excluding hydrogens is 360 g/mol. The predicted octanol–water partition coefficient (Wildman–Crippen LogP) is 5.27. The SMILES string of the molecule is O=C(Cc1cccc2cccnc12)Nc1nc2ccccc2n1C1CCCCC1. The number of aromatic nitrogens is 3. The van der Waals surface area contributed by atoms with Gasteiger partial charge in [-0.15, -0.1) is 0 Å². The average Bonchev–Trinajstić information content (AvgIpc) is 3.12. The topological polar surface area (TPSA) is 59.8 Å². The maximum Gasteiger partial charge on any atom is 0.231 e. The molecule has 0 spiro atoms. The van der Waals surface area contributed by atoms with E-state index in [4.69, 9.17) is 4.98 Å². The third-order valence-electron chi connectivity index (χ3n) is 5.85. The van der Waals surface area contributed by atoms with Crippen molar-refractivity contribution in [3.63, 3.8) is 0 Å². The minimum Gasteiger partial charge on any atom is -0.307 e. The Morgan fingerprint density at radius 1 is 1.00 bits per heavy atom. The fourth-order valence-electron chi connectivity index (χ4n) is 4.49. The smallest absolute Gasteiger partial charge is 0.231 e. The highest BCUT2D eigenvalue weighted by Gasteiger charge is 2.22. The first-order valence-corrected chi connectivity index (χ1v) is 10.4. The number of hydrogen-bond acceptors (Lipinski definition) is 3. The van der Waals surface area contributed by atoms with Crippen molar-refractivity contribution in [2.24, 2.45) is 0 Å². The number of fused-ring (bicyclic) bond motifs is 2. The second-order valence-corrected chi connectivity index (χ2v) is 7.80. The summed E-state index contributed by atoms with van der Waals surface area (Å²) in [6.07, 6.45) is 8.07. The largest absolute Gasteiger partial charge is 0.307 e. The Bertz CT molecular complexity index is 1170. The number of imidazole rings is 1. The van der Waals surface area contributed by atoms with E-state index in [-0.39, 0.29) is 12.3 Å². The zero-order valence-corrected chi connectivity index (χ0v) is 16.3. The van der Waals surface area contributed by atoms with Crippen LogP contribution in [-0.2, 0) is 11.2 Å². The number of nitrogens with zero attached hydrogens (tertiary/aromatic N) is 3. The molecule has 0 aliphatic heterocycles. The Morgan fingerprint density at radius 2 is 1.83 bits per heavy atom. The van der Waals surface area contributed by atoms with Crippen LogP contribution in [0.25, 0.3) is 21.9 Å². The molecule has 5 heteroatoms. The lowest BCUT2D eigenvalue weighted by Gasteiger charge is -2.25. The summed E-state index contributed by atoms with van der Waals surface area (Å²) in [5.74, 6) is 0.604. The van der Waals surface area contributed by atoms with Crippen LogP contribution in [0.4, 0.5) is 5.95 Å². The molecule has 2 aromatic carbocycles. The van der Waals surface area contributed by atoms with Crippen molar-refractivity contribution in [2.75, 3.05) is 5.32 Å². The Hall–Kier alpha value is -3.21. The van der Waals surface area contributed by atoms with Crippen LogP contribution < -0.4 is 5.32 Å². The van der Waals surface area contributed by atoms with Crippen LogP contribution in [0.5, 0.6) is 0 Å². The van der Waals surface area contributed by atoms with E-state index in [0.29, 0.717) is 12.0 Å². The van der Waals surface area contributed by atoms with E-state index in [9.17, 15) is 4.79 Å². The van der Waals surface area contributed by atoms with Crippen molar-refractivity contribution in [2.45, 2.75) is 44.6 Å². The van der Waals surface area contributed by atoms with Gasteiger partial charge >= 0.3 is 0 Å². The molecule has 5 nitrogen and oxygen atoms in total. The number of anilines is 1. The molecule has 0 bridgehead atoms. The molecule has 1 aliphatic carbocycles. The zero-order chi connectivity index (χ0) is 19.6. The number of rotatable bonds is 4. The number of carbonyl (C=O) groups excluding carboxylic acids is 1. The highest BCUT2D eigenvalue weighted by atomic mass is 16.1. The van der Waals surface area contributed by atoms with Gasteiger partial charge in [0, 0.05) is 17.6 Å². The van der Waals surface area contributed by atoms with Crippen LogP contribution in [0.15, 0.2) is 60.8 Å². The third-order valence-corrected chi connectivity index (χ3v) is 5.85.